The lowest BCUT2D eigenvalue weighted by Crippen LogP contribution is -2.29. The Bertz CT molecular complexity index is 903. The van der Waals surface area contributed by atoms with Gasteiger partial charge in [-0.15, -0.1) is 0 Å². The van der Waals surface area contributed by atoms with Crippen LogP contribution in [0.25, 0.3) is 0 Å². The first-order valence-electron chi connectivity index (χ1n) is 17.1. The molecule has 0 aromatic heterocycles. The summed E-state index contributed by atoms with van der Waals surface area (Å²) in [6, 6.07) is 0. The Morgan fingerprint density at radius 3 is 2.09 bits per heavy atom. The van der Waals surface area contributed by atoms with E-state index in [-0.39, 0.29) is 37.6 Å². The molecule has 1 aliphatic rings. The number of carbonyl (C=O) groups is 3. The fourth-order valence-electron chi connectivity index (χ4n) is 5.57. The van der Waals surface area contributed by atoms with Gasteiger partial charge >= 0.3 is 19.8 Å². The third kappa shape index (κ3) is 21.0. The van der Waals surface area contributed by atoms with Gasteiger partial charge in [0.05, 0.1) is 18.8 Å². The van der Waals surface area contributed by atoms with Crippen molar-refractivity contribution in [1.29, 1.82) is 0 Å². The van der Waals surface area contributed by atoms with Crippen molar-refractivity contribution >= 4 is 25.5 Å². The largest absolute Gasteiger partial charge is 0.469 e. The Labute approximate surface area is 269 Å². The van der Waals surface area contributed by atoms with Crippen molar-refractivity contribution in [1.82, 2.24) is 0 Å². The molecule has 262 valence electrons. The first-order valence-corrected chi connectivity index (χ1v) is 18.6. The Balaban J connectivity index is 2.38. The second kappa shape index (κ2) is 24.5. The zero-order chi connectivity index (χ0) is 33.5. The molecule has 1 saturated carbocycles. The molecule has 1 fully saturated rings. The number of allylic oxidation sites excluding steroid dienone is 1. The summed E-state index contributed by atoms with van der Waals surface area (Å²) in [5.74, 6) is -1.64. The SMILES string of the molecule is CCCCCCCCCC(=O)OC[C@H](COP(=O)(O)O)OC(=O)CCCCCC[C@H]1[C@@H](O)CC(=O)[C@@H]1/C=C/[C@@H](O)CCCCC. The second-order valence-corrected chi connectivity index (χ2v) is 13.5. The lowest BCUT2D eigenvalue weighted by molar-refractivity contribution is -0.161. The van der Waals surface area contributed by atoms with Crippen molar-refractivity contribution in [2.75, 3.05) is 13.2 Å². The van der Waals surface area contributed by atoms with E-state index in [4.69, 9.17) is 19.3 Å². The van der Waals surface area contributed by atoms with Crippen LogP contribution in [0, 0.1) is 11.8 Å². The number of aliphatic hydroxyl groups is 2. The van der Waals surface area contributed by atoms with E-state index in [0.717, 1.165) is 51.4 Å². The number of ketones is 1. The van der Waals surface area contributed by atoms with E-state index in [2.05, 4.69) is 18.4 Å². The Hall–Kier alpha value is -1.62. The second-order valence-electron chi connectivity index (χ2n) is 12.3. The maximum atomic E-state index is 12.4. The number of aliphatic hydroxyl groups excluding tert-OH is 2. The molecule has 0 spiro atoms. The van der Waals surface area contributed by atoms with Gasteiger partial charge in [-0.05, 0) is 31.6 Å². The summed E-state index contributed by atoms with van der Waals surface area (Å²) < 4.78 is 26.1. The molecule has 0 heterocycles. The predicted octanol–water partition coefficient (Wildman–Crippen LogP) is 6.10. The van der Waals surface area contributed by atoms with Gasteiger partial charge in [-0.1, -0.05) is 103 Å². The number of phosphoric ester groups is 1. The number of hydrogen-bond acceptors (Lipinski definition) is 9. The molecule has 0 aliphatic heterocycles. The van der Waals surface area contributed by atoms with Gasteiger partial charge in [-0.3, -0.25) is 18.9 Å². The molecule has 1 rings (SSSR count). The topological polar surface area (TPSA) is 177 Å². The molecule has 1 aliphatic carbocycles. The zero-order valence-electron chi connectivity index (χ0n) is 27.5. The highest BCUT2D eigenvalue weighted by Crippen LogP contribution is 2.36. The van der Waals surface area contributed by atoms with Crippen LogP contribution in [0.15, 0.2) is 12.2 Å². The van der Waals surface area contributed by atoms with Gasteiger partial charge in [0, 0.05) is 25.2 Å². The molecule has 0 bridgehead atoms. The molecule has 12 heteroatoms. The Kier molecular flexibility index (Phi) is 22.6. The number of carbonyl (C=O) groups excluding carboxylic acids is 3. The van der Waals surface area contributed by atoms with Crippen LogP contribution in [0.4, 0.5) is 0 Å². The first kappa shape index (κ1) is 41.4. The number of hydrogen-bond donors (Lipinski definition) is 4. The summed E-state index contributed by atoms with van der Waals surface area (Å²) in [5.41, 5.74) is 0. The van der Waals surface area contributed by atoms with E-state index in [1.807, 2.05) is 0 Å². The van der Waals surface area contributed by atoms with Crippen LogP contribution in [-0.2, 0) is 32.9 Å². The highest BCUT2D eigenvalue weighted by molar-refractivity contribution is 7.46. The number of rotatable bonds is 27. The highest BCUT2D eigenvalue weighted by Gasteiger charge is 2.39. The molecule has 45 heavy (non-hydrogen) atoms. The zero-order valence-corrected chi connectivity index (χ0v) is 28.4. The quantitative estimate of drug-likeness (QED) is 0.0346. The van der Waals surface area contributed by atoms with Crippen LogP contribution < -0.4 is 0 Å². The monoisotopic (exact) mass is 662 g/mol. The van der Waals surface area contributed by atoms with Gasteiger partial charge in [0.25, 0.3) is 0 Å². The van der Waals surface area contributed by atoms with Crippen molar-refractivity contribution in [2.24, 2.45) is 11.8 Å². The third-order valence-corrected chi connectivity index (χ3v) is 8.68. The van der Waals surface area contributed by atoms with E-state index >= 15 is 0 Å². The van der Waals surface area contributed by atoms with Gasteiger partial charge in [0.2, 0.25) is 0 Å². The maximum absolute atomic E-state index is 12.4. The molecule has 11 nitrogen and oxygen atoms in total. The highest BCUT2D eigenvalue weighted by atomic mass is 31.2. The van der Waals surface area contributed by atoms with Crippen LogP contribution >= 0.6 is 7.82 Å². The molecular formula is C33H59O11P. The Morgan fingerprint density at radius 1 is 0.867 bits per heavy atom. The van der Waals surface area contributed by atoms with Crippen LogP contribution in [0.3, 0.4) is 0 Å². The fourth-order valence-corrected chi connectivity index (χ4v) is 5.93. The van der Waals surface area contributed by atoms with E-state index in [0.29, 0.717) is 32.1 Å². The van der Waals surface area contributed by atoms with Crippen LogP contribution in [0.1, 0.15) is 136 Å². The molecular weight excluding hydrogens is 603 g/mol. The smallest absolute Gasteiger partial charge is 0.462 e. The average molecular weight is 663 g/mol. The van der Waals surface area contributed by atoms with E-state index < -0.39 is 50.6 Å². The maximum Gasteiger partial charge on any atom is 0.469 e. The van der Waals surface area contributed by atoms with Gasteiger partial charge in [-0.25, -0.2) is 4.57 Å². The summed E-state index contributed by atoms with van der Waals surface area (Å²) >= 11 is 0. The van der Waals surface area contributed by atoms with Gasteiger partial charge in [0.1, 0.15) is 12.4 Å². The van der Waals surface area contributed by atoms with Crippen molar-refractivity contribution < 1.29 is 52.9 Å². The minimum absolute atomic E-state index is 0.00646. The van der Waals surface area contributed by atoms with Crippen LogP contribution in [0.2, 0.25) is 0 Å². The van der Waals surface area contributed by atoms with Crippen molar-refractivity contribution in [3.8, 4) is 0 Å². The number of unbranched alkanes of at least 4 members (excludes halogenated alkanes) is 11. The van der Waals surface area contributed by atoms with E-state index in [1.165, 1.54) is 19.3 Å². The number of ether oxygens (including phenoxy) is 2. The summed E-state index contributed by atoms with van der Waals surface area (Å²) in [7, 11) is -4.80. The molecule has 0 saturated heterocycles. The number of Topliss-reactive ketones (excluding diaryl/α,β-unsaturated/α-hetero) is 1. The average Bonchev–Trinajstić information content (AvgIpc) is 3.25. The van der Waals surface area contributed by atoms with Gasteiger partial charge in [0.15, 0.2) is 6.10 Å². The molecule has 0 unspecified atom stereocenters. The summed E-state index contributed by atoms with van der Waals surface area (Å²) in [6.07, 6.45) is 15.9. The molecule has 0 radical (unpaired) electrons. The van der Waals surface area contributed by atoms with Crippen molar-refractivity contribution in [3.05, 3.63) is 12.2 Å². The van der Waals surface area contributed by atoms with E-state index in [1.54, 1.807) is 12.2 Å². The number of esters is 2. The van der Waals surface area contributed by atoms with Gasteiger partial charge in [-0.2, -0.15) is 0 Å². The third-order valence-electron chi connectivity index (χ3n) is 8.19. The van der Waals surface area contributed by atoms with Crippen LogP contribution in [-0.4, -0.2) is 69.2 Å². The lowest BCUT2D eigenvalue weighted by atomic mass is 9.88. The molecule has 0 amide bonds. The molecule has 5 atom stereocenters. The Morgan fingerprint density at radius 2 is 1.44 bits per heavy atom. The summed E-state index contributed by atoms with van der Waals surface area (Å²) in [6.45, 7) is 3.30. The fraction of sp³-hybridized carbons (Fsp3) is 0.848. The van der Waals surface area contributed by atoms with E-state index in [9.17, 15) is 29.2 Å². The van der Waals surface area contributed by atoms with Crippen LogP contribution in [0.5, 0.6) is 0 Å². The van der Waals surface area contributed by atoms with Crippen molar-refractivity contribution in [3.63, 3.8) is 0 Å². The lowest BCUT2D eigenvalue weighted by Gasteiger charge is -2.19. The minimum Gasteiger partial charge on any atom is -0.462 e. The predicted molar refractivity (Wildman–Crippen MR) is 171 cm³/mol. The molecule has 0 aromatic rings. The molecule has 0 aromatic carbocycles. The summed E-state index contributed by atoms with van der Waals surface area (Å²) in [4.78, 5) is 55.0. The van der Waals surface area contributed by atoms with Gasteiger partial charge < -0.3 is 29.5 Å². The normalized spacial score (nSPS) is 20.0. The summed E-state index contributed by atoms with van der Waals surface area (Å²) in [5, 5.41) is 20.6. The minimum atomic E-state index is -4.80. The molecule has 4 N–H and O–H groups in total. The number of phosphoric acid groups is 1. The van der Waals surface area contributed by atoms with Crippen molar-refractivity contribution in [2.45, 2.75) is 154 Å². The standard InChI is InChI=1S/C33H59O11P/c1-3-5-7-8-9-10-15-19-32(37)42-24-27(25-43-45(39,40)41)44-33(38)20-16-12-11-14-18-28-29(31(36)23-30(28)35)22-21-26(34)17-13-6-4-2/h21-22,26-30,34-35H,3-20,23-25H2,1-2H3,(H2,39,40,41)/b22-21+/t26-,27+,28+,29+,30-/m0/s1. The first-order chi connectivity index (χ1) is 21.5.